The van der Waals surface area contributed by atoms with E-state index >= 15 is 0 Å². The molecule has 30 heavy (non-hydrogen) atoms. The molecule has 0 amide bonds. The molecular weight excluding hydrogens is 378 g/mol. The number of unbranched alkanes of at least 4 members (excludes halogenated alkanes) is 9. The van der Waals surface area contributed by atoms with E-state index < -0.39 is 5.97 Å². The van der Waals surface area contributed by atoms with Gasteiger partial charge in [0.2, 0.25) is 5.71 Å². The average molecular weight is 422 g/mol. The number of carboxylic acids is 1. The first kappa shape index (κ1) is 26.5. The molecular formula is C24H43N3O3. The Kier molecular flexibility index (Phi) is 14.2. The van der Waals surface area contributed by atoms with Gasteiger partial charge in [0.25, 0.3) is 0 Å². The fourth-order valence-electron chi connectivity index (χ4n) is 3.71. The fourth-order valence-corrected chi connectivity index (χ4v) is 3.71. The number of nitrogens with one attached hydrogen (secondary N) is 1. The minimum atomic E-state index is -1.09. The van der Waals surface area contributed by atoms with Crippen LogP contribution < -0.4 is 10.4 Å². The molecule has 0 aromatic carbocycles. The third-order valence-corrected chi connectivity index (χ3v) is 5.79. The van der Waals surface area contributed by atoms with E-state index in [4.69, 9.17) is 0 Å². The Labute approximate surface area is 183 Å². The molecule has 0 saturated heterocycles. The molecule has 1 aliphatic rings. The molecule has 1 rings (SSSR count). The van der Waals surface area contributed by atoms with Crippen molar-refractivity contribution in [2.75, 3.05) is 26.2 Å². The molecule has 0 spiro atoms. The number of aliphatic carboxylic acids is 1. The lowest BCUT2D eigenvalue weighted by Gasteiger charge is -2.26. The lowest BCUT2D eigenvalue weighted by Crippen LogP contribution is -2.46. The Hall–Kier alpha value is -1.58. The van der Waals surface area contributed by atoms with E-state index in [1.165, 1.54) is 57.8 Å². The molecule has 2 N–H and O–H groups in total. The summed E-state index contributed by atoms with van der Waals surface area (Å²) in [7, 11) is 0. The Morgan fingerprint density at radius 2 is 1.77 bits per heavy atom. The molecule has 0 aromatic rings. The lowest BCUT2D eigenvalue weighted by atomic mass is 10.0. The maximum atomic E-state index is 10.9. The molecule has 0 aliphatic carbocycles. The zero-order valence-electron chi connectivity index (χ0n) is 19.4. The van der Waals surface area contributed by atoms with Gasteiger partial charge in [-0.2, -0.15) is 0 Å². The Morgan fingerprint density at radius 3 is 2.37 bits per heavy atom. The van der Waals surface area contributed by atoms with Gasteiger partial charge in [0.1, 0.15) is 5.97 Å². The predicted octanol–water partition coefficient (Wildman–Crippen LogP) is 2.09. The van der Waals surface area contributed by atoms with E-state index in [2.05, 4.69) is 24.2 Å². The van der Waals surface area contributed by atoms with E-state index in [9.17, 15) is 15.0 Å². The predicted molar refractivity (Wildman–Crippen MR) is 120 cm³/mol. The molecule has 1 heterocycles. The number of carboxylic acid groups (broad SMARTS) is 1. The van der Waals surface area contributed by atoms with Crippen LogP contribution in [0.1, 0.15) is 91.4 Å². The van der Waals surface area contributed by atoms with Crippen molar-refractivity contribution in [3.8, 4) is 12.0 Å². The van der Waals surface area contributed by atoms with Crippen LogP contribution in [0.25, 0.3) is 0 Å². The Balaban J connectivity index is 2.12. The highest BCUT2D eigenvalue weighted by Gasteiger charge is 2.19. The summed E-state index contributed by atoms with van der Waals surface area (Å²) in [6.07, 6.45) is 13.5. The van der Waals surface area contributed by atoms with Crippen molar-refractivity contribution < 1.29 is 19.6 Å². The van der Waals surface area contributed by atoms with Gasteiger partial charge in [0.05, 0.1) is 18.8 Å². The van der Waals surface area contributed by atoms with Crippen LogP contribution in [0.4, 0.5) is 0 Å². The van der Waals surface area contributed by atoms with Gasteiger partial charge < -0.3 is 19.9 Å². The molecule has 2 unspecified atom stereocenters. The van der Waals surface area contributed by atoms with Crippen LogP contribution in [0.15, 0.2) is 0 Å². The largest absolute Gasteiger partial charge is 0.544 e. The molecule has 0 radical (unpaired) electrons. The van der Waals surface area contributed by atoms with Crippen molar-refractivity contribution in [3.05, 3.63) is 0 Å². The molecule has 1 aliphatic heterocycles. The molecule has 2 atom stereocenters. The maximum Gasteiger partial charge on any atom is 0.226 e. The smallest absolute Gasteiger partial charge is 0.226 e. The van der Waals surface area contributed by atoms with Crippen LogP contribution in [-0.4, -0.2) is 64.7 Å². The topological polar surface area (TPSA) is 78.6 Å². The zero-order chi connectivity index (χ0) is 22.2. The highest BCUT2D eigenvalue weighted by Crippen LogP contribution is 2.12. The summed E-state index contributed by atoms with van der Waals surface area (Å²) in [5.41, 5.74) is 0.745. The van der Waals surface area contributed by atoms with E-state index in [1.54, 1.807) is 4.58 Å². The van der Waals surface area contributed by atoms with Crippen LogP contribution >= 0.6 is 0 Å². The number of carbonyl (C=O) groups is 1. The molecule has 0 bridgehead atoms. The number of carbonyl (C=O) groups excluding carboxylic acids is 1. The normalized spacial score (nSPS) is 16.1. The van der Waals surface area contributed by atoms with Crippen molar-refractivity contribution >= 4 is 11.7 Å². The first-order valence-electron chi connectivity index (χ1n) is 11.9. The summed E-state index contributed by atoms with van der Waals surface area (Å²) in [6, 6.07) is 3.09. The van der Waals surface area contributed by atoms with Gasteiger partial charge in [-0.05, 0) is 13.3 Å². The Bertz CT molecular complexity index is 580. The van der Waals surface area contributed by atoms with E-state index in [1.807, 2.05) is 18.7 Å². The van der Waals surface area contributed by atoms with Gasteiger partial charge in [-0.15, -0.1) is 0 Å². The lowest BCUT2D eigenvalue weighted by molar-refractivity contribution is -0.527. The SMILES string of the molecule is CCCCCCCCCCCCC(O)CNC(C)N1C#CC(C)=[N+](CC(=O)[O-])CC1. The molecule has 0 saturated carbocycles. The minimum Gasteiger partial charge on any atom is -0.544 e. The van der Waals surface area contributed by atoms with Crippen molar-refractivity contribution in [2.45, 2.75) is 104 Å². The van der Waals surface area contributed by atoms with E-state index in [-0.39, 0.29) is 18.8 Å². The van der Waals surface area contributed by atoms with Crippen molar-refractivity contribution in [1.29, 1.82) is 0 Å². The quantitative estimate of drug-likeness (QED) is 0.214. The number of aliphatic hydroxyl groups excluding tert-OH is 1. The minimum absolute atomic E-state index is 0.00411. The summed E-state index contributed by atoms with van der Waals surface area (Å²) >= 11 is 0. The highest BCUT2D eigenvalue weighted by molar-refractivity contribution is 5.94. The molecule has 6 nitrogen and oxygen atoms in total. The third-order valence-electron chi connectivity index (χ3n) is 5.79. The van der Waals surface area contributed by atoms with E-state index in [0.717, 1.165) is 18.6 Å². The first-order chi connectivity index (χ1) is 14.4. The number of aliphatic hydroxyl groups is 1. The van der Waals surface area contributed by atoms with Crippen molar-refractivity contribution in [1.82, 2.24) is 10.2 Å². The summed E-state index contributed by atoms with van der Waals surface area (Å²) in [6.45, 7) is 7.73. The molecule has 172 valence electrons. The first-order valence-corrected chi connectivity index (χ1v) is 11.9. The summed E-state index contributed by atoms with van der Waals surface area (Å²) in [5.74, 6) is 1.92. The second-order valence-electron chi connectivity index (χ2n) is 8.52. The van der Waals surface area contributed by atoms with Crippen LogP contribution in [0.2, 0.25) is 0 Å². The van der Waals surface area contributed by atoms with E-state index in [0.29, 0.717) is 19.6 Å². The second-order valence-corrected chi connectivity index (χ2v) is 8.52. The maximum absolute atomic E-state index is 10.9. The van der Waals surface area contributed by atoms with Gasteiger partial charge >= 0.3 is 0 Å². The van der Waals surface area contributed by atoms with Gasteiger partial charge in [-0.1, -0.05) is 71.1 Å². The van der Waals surface area contributed by atoms with Crippen molar-refractivity contribution in [2.24, 2.45) is 0 Å². The van der Waals surface area contributed by atoms with Gasteiger partial charge in [0, 0.05) is 25.4 Å². The third kappa shape index (κ3) is 12.2. The molecule has 0 aromatic heterocycles. The van der Waals surface area contributed by atoms with Gasteiger partial charge in [-0.25, -0.2) is 4.58 Å². The van der Waals surface area contributed by atoms with Gasteiger partial charge in [-0.3, -0.25) is 5.32 Å². The number of hydrogen-bond donors (Lipinski definition) is 2. The standard InChI is InChI=1S/C24H43N3O3/c1-4-5-6-7-8-9-10-11-12-13-14-23(28)19-25-22(3)26-16-15-21(2)27(18-17-26)20-24(29)30/h22-23,25,28H,4-14,17-20H2,1-3H3. The number of hydrogen-bond acceptors (Lipinski definition) is 5. The monoisotopic (exact) mass is 421 g/mol. The zero-order valence-corrected chi connectivity index (χ0v) is 19.4. The van der Waals surface area contributed by atoms with Crippen LogP contribution in [-0.2, 0) is 4.79 Å². The summed E-state index contributed by atoms with van der Waals surface area (Å²) < 4.78 is 1.73. The molecule has 0 fully saturated rings. The molecule has 6 heteroatoms. The Morgan fingerprint density at radius 1 is 1.17 bits per heavy atom. The summed E-state index contributed by atoms with van der Waals surface area (Å²) in [5, 5.41) is 24.5. The fraction of sp³-hybridized carbons (Fsp3) is 0.833. The van der Waals surface area contributed by atoms with Gasteiger partial charge in [0.15, 0.2) is 13.1 Å². The van der Waals surface area contributed by atoms with Crippen LogP contribution in [0.5, 0.6) is 0 Å². The van der Waals surface area contributed by atoms with Crippen molar-refractivity contribution in [3.63, 3.8) is 0 Å². The number of rotatable bonds is 17. The summed E-state index contributed by atoms with van der Waals surface area (Å²) in [4.78, 5) is 12.8. The second kappa shape index (κ2) is 16.2. The van der Waals surface area contributed by atoms with Crippen LogP contribution in [0.3, 0.4) is 0 Å². The number of nitrogens with zero attached hydrogens (tertiary/aromatic N) is 2. The average Bonchev–Trinajstić information content (AvgIpc) is 2.89. The highest BCUT2D eigenvalue weighted by atomic mass is 16.4. The van der Waals surface area contributed by atoms with Crippen LogP contribution in [0, 0.1) is 12.0 Å².